The summed E-state index contributed by atoms with van der Waals surface area (Å²) in [6.07, 6.45) is 3.13. The summed E-state index contributed by atoms with van der Waals surface area (Å²) < 4.78 is 5.64. The minimum absolute atomic E-state index is 0.168. The molecule has 1 aliphatic rings. The van der Waals surface area contributed by atoms with Crippen LogP contribution in [0.3, 0.4) is 0 Å². The molecule has 0 spiro atoms. The highest BCUT2D eigenvalue weighted by molar-refractivity contribution is 5.92. The molecule has 0 aliphatic heterocycles. The quantitative estimate of drug-likeness (QED) is 0.882. The van der Waals surface area contributed by atoms with Gasteiger partial charge in [-0.1, -0.05) is 42.5 Å². The molecule has 3 rings (SSSR count). The van der Waals surface area contributed by atoms with Crippen LogP contribution >= 0.6 is 0 Å². The van der Waals surface area contributed by atoms with Crippen LogP contribution in [0.5, 0.6) is 5.75 Å². The fourth-order valence-electron chi connectivity index (χ4n) is 2.96. The van der Waals surface area contributed by atoms with Crippen LogP contribution in [0.2, 0.25) is 0 Å². The van der Waals surface area contributed by atoms with Crippen molar-refractivity contribution in [2.75, 3.05) is 11.9 Å². The number of hydrogen-bond acceptors (Lipinski definition) is 3. The van der Waals surface area contributed by atoms with Gasteiger partial charge in [0.05, 0.1) is 12.3 Å². The summed E-state index contributed by atoms with van der Waals surface area (Å²) in [5.41, 5.74) is 3.07. The van der Waals surface area contributed by atoms with Crippen LogP contribution < -0.4 is 10.1 Å². The number of ether oxygens (including phenoxy) is 1. The Labute approximate surface area is 137 Å². The Morgan fingerprint density at radius 3 is 2.57 bits per heavy atom. The van der Waals surface area contributed by atoms with Crippen LogP contribution in [-0.2, 0) is 4.79 Å². The van der Waals surface area contributed by atoms with Crippen molar-refractivity contribution in [2.45, 2.75) is 25.7 Å². The third kappa shape index (κ3) is 3.81. The molecule has 0 saturated carbocycles. The zero-order valence-electron chi connectivity index (χ0n) is 13.3. The average molecular weight is 307 g/mol. The van der Waals surface area contributed by atoms with Gasteiger partial charge in [0, 0.05) is 18.2 Å². The highest BCUT2D eigenvalue weighted by atomic mass is 16.5. The maximum atomic E-state index is 12.1. The van der Waals surface area contributed by atoms with E-state index >= 15 is 0 Å². The minimum atomic E-state index is 0.168. The number of hydrogen-bond donors (Lipinski definition) is 1. The fourth-order valence-corrected chi connectivity index (χ4v) is 2.96. The Bertz CT molecular complexity index is 707. The lowest BCUT2D eigenvalue weighted by atomic mass is 9.85. The molecule has 0 aromatic heterocycles. The van der Waals surface area contributed by atoms with Gasteiger partial charge in [-0.05, 0) is 37.0 Å². The Morgan fingerprint density at radius 1 is 1.04 bits per heavy atom. The van der Waals surface area contributed by atoms with Gasteiger partial charge in [0.25, 0.3) is 0 Å². The SMILES string of the molecule is CCOc1ccccc1NC1=CC(=O)C[C@H](c2ccccc2)C1. The molecular formula is C20H21NO2. The largest absolute Gasteiger partial charge is 0.492 e. The lowest BCUT2D eigenvalue weighted by molar-refractivity contribution is -0.115. The van der Waals surface area contributed by atoms with Gasteiger partial charge in [-0.25, -0.2) is 0 Å². The second-order valence-corrected chi connectivity index (χ2v) is 5.71. The van der Waals surface area contributed by atoms with Gasteiger partial charge in [0.15, 0.2) is 5.78 Å². The topological polar surface area (TPSA) is 38.3 Å². The molecule has 23 heavy (non-hydrogen) atoms. The summed E-state index contributed by atoms with van der Waals surface area (Å²) >= 11 is 0. The maximum Gasteiger partial charge on any atom is 0.158 e. The molecule has 3 heteroatoms. The van der Waals surface area contributed by atoms with Crippen molar-refractivity contribution in [1.82, 2.24) is 0 Å². The molecule has 3 nitrogen and oxygen atoms in total. The molecule has 1 aliphatic carbocycles. The Morgan fingerprint density at radius 2 is 1.78 bits per heavy atom. The predicted molar refractivity (Wildman–Crippen MR) is 92.7 cm³/mol. The lowest BCUT2D eigenvalue weighted by Crippen LogP contribution is -2.17. The Hall–Kier alpha value is -2.55. The third-order valence-electron chi connectivity index (χ3n) is 4.00. The van der Waals surface area contributed by atoms with Crippen LogP contribution in [-0.4, -0.2) is 12.4 Å². The van der Waals surface area contributed by atoms with E-state index in [1.54, 1.807) is 6.08 Å². The zero-order valence-corrected chi connectivity index (χ0v) is 13.3. The van der Waals surface area contributed by atoms with E-state index in [1.807, 2.05) is 49.4 Å². The number of nitrogens with one attached hydrogen (secondary N) is 1. The summed E-state index contributed by atoms with van der Waals surface area (Å²) in [4.78, 5) is 12.1. The molecule has 0 saturated heterocycles. The molecule has 0 bridgehead atoms. The Balaban J connectivity index is 1.79. The highest BCUT2D eigenvalue weighted by Crippen LogP contribution is 2.33. The predicted octanol–water partition coefficient (Wildman–Crippen LogP) is 4.53. The first-order valence-corrected chi connectivity index (χ1v) is 8.03. The van der Waals surface area contributed by atoms with Crippen LogP contribution in [0, 0.1) is 0 Å². The number of carbonyl (C=O) groups is 1. The summed E-state index contributed by atoms with van der Waals surface area (Å²) in [6.45, 7) is 2.58. The van der Waals surface area contributed by atoms with Gasteiger partial charge in [-0.3, -0.25) is 4.79 Å². The summed E-state index contributed by atoms with van der Waals surface area (Å²) in [6, 6.07) is 18.1. The lowest BCUT2D eigenvalue weighted by Gasteiger charge is -2.24. The van der Waals surface area contributed by atoms with E-state index in [-0.39, 0.29) is 11.7 Å². The van der Waals surface area contributed by atoms with Crippen LogP contribution in [0.25, 0.3) is 0 Å². The molecule has 0 amide bonds. The van der Waals surface area contributed by atoms with E-state index in [2.05, 4.69) is 17.4 Å². The first-order valence-electron chi connectivity index (χ1n) is 8.03. The van der Waals surface area contributed by atoms with E-state index in [0.717, 1.165) is 23.6 Å². The molecule has 0 fully saturated rings. The van der Waals surface area contributed by atoms with Crippen molar-refractivity contribution in [1.29, 1.82) is 0 Å². The highest BCUT2D eigenvalue weighted by Gasteiger charge is 2.22. The summed E-state index contributed by atoms with van der Waals surface area (Å²) in [5.74, 6) is 1.21. The minimum Gasteiger partial charge on any atom is -0.492 e. The monoisotopic (exact) mass is 307 g/mol. The van der Waals surface area contributed by atoms with Crippen LogP contribution in [0.4, 0.5) is 5.69 Å². The smallest absolute Gasteiger partial charge is 0.158 e. The van der Waals surface area contributed by atoms with Gasteiger partial charge in [0.2, 0.25) is 0 Å². The fraction of sp³-hybridized carbons (Fsp3) is 0.250. The number of para-hydroxylation sites is 2. The van der Waals surface area contributed by atoms with Crippen LogP contribution in [0.15, 0.2) is 66.4 Å². The number of benzene rings is 2. The zero-order chi connectivity index (χ0) is 16.1. The van der Waals surface area contributed by atoms with Gasteiger partial charge in [0.1, 0.15) is 5.75 Å². The van der Waals surface area contributed by atoms with E-state index in [1.165, 1.54) is 5.56 Å². The van der Waals surface area contributed by atoms with E-state index in [0.29, 0.717) is 13.0 Å². The van der Waals surface area contributed by atoms with Crippen LogP contribution in [0.1, 0.15) is 31.2 Å². The van der Waals surface area contributed by atoms with Gasteiger partial charge in [-0.15, -0.1) is 0 Å². The molecule has 1 N–H and O–H groups in total. The van der Waals surface area contributed by atoms with Crippen molar-refractivity contribution in [2.24, 2.45) is 0 Å². The summed E-state index contributed by atoms with van der Waals surface area (Å²) in [7, 11) is 0. The number of allylic oxidation sites excluding steroid dienone is 2. The van der Waals surface area contributed by atoms with E-state index in [9.17, 15) is 4.79 Å². The number of anilines is 1. The van der Waals surface area contributed by atoms with Gasteiger partial charge >= 0.3 is 0 Å². The van der Waals surface area contributed by atoms with Crippen molar-refractivity contribution >= 4 is 11.5 Å². The molecule has 1 atom stereocenters. The number of carbonyl (C=O) groups excluding carboxylic acids is 1. The van der Waals surface area contributed by atoms with E-state index < -0.39 is 0 Å². The molecule has 0 radical (unpaired) electrons. The van der Waals surface area contributed by atoms with Gasteiger partial charge in [-0.2, -0.15) is 0 Å². The average Bonchev–Trinajstić information content (AvgIpc) is 2.57. The number of ketones is 1. The summed E-state index contributed by atoms with van der Waals surface area (Å²) in [5, 5.41) is 3.38. The second kappa shape index (κ2) is 7.14. The first-order chi connectivity index (χ1) is 11.3. The molecule has 2 aromatic carbocycles. The maximum absolute atomic E-state index is 12.1. The van der Waals surface area contributed by atoms with Crippen molar-refractivity contribution in [3.8, 4) is 5.75 Å². The third-order valence-corrected chi connectivity index (χ3v) is 4.00. The van der Waals surface area contributed by atoms with Crippen molar-refractivity contribution in [3.05, 3.63) is 71.9 Å². The van der Waals surface area contributed by atoms with Gasteiger partial charge < -0.3 is 10.1 Å². The molecular weight excluding hydrogens is 286 g/mol. The standard InChI is InChI=1S/C20H21NO2/c1-2-23-20-11-7-6-10-19(20)21-17-12-16(13-18(22)14-17)15-8-4-3-5-9-15/h3-11,14,16,21H,2,12-13H2,1H3/t16-/m1/s1. The normalized spacial score (nSPS) is 17.5. The van der Waals surface area contributed by atoms with Crippen molar-refractivity contribution < 1.29 is 9.53 Å². The molecule has 0 unspecified atom stereocenters. The van der Waals surface area contributed by atoms with E-state index in [4.69, 9.17) is 4.74 Å². The Kier molecular flexibility index (Phi) is 4.77. The second-order valence-electron chi connectivity index (χ2n) is 5.71. The first kappa shape index (κ1) is 15.3. The number of rotatable bonds is 5. The molecule has 0 heterocycles. The molecule has 118 valence electrons. The van der Waals surface area contributed by atoms with Crippen molar-refractivity contribution in [3.63, 3.8) is 0 Å². The molecule has 2 aromatic rings.